The van der Waals surface area contributed by atoms with Gasteiger partial charge < -0.3 is 4.57 Å². The van der Waals surface area contributed by atoms with Crippen molar-refractivity contribution in [2.24, 2.45) is 7.05 Å². The van der Waals surface area contributed by atoms with Gasteiger partial charge >= 0.3 is 5.69 Å². The molecular formula is C23H27N5O2. The molecule has 1 aliphatic carbocycles. The van der Waals surface area contributed by atoms with Crippen LogP contribution in [0.4, 0.5) is 0 Å². The van der Waals surface area contributed by atoms with E-state index in [0.717, 1.165) is 37.2 Å². The zero-order valence-electron chi connectivity index (χ0n) is 17.5. The number of benzene rings is 1. The first-order chi connectivity index (χ1) is 14.6. The molecule has 3 aromatic heterocycles. The molecule has 0 unspecified atom stereocenters. The smallest absolute Gasteiger partial charge is 0.311 e. The van der Waals surface area contributed by atoms with Gasteiger partial charge in [-0.3, -0.25) is 18.3 Å². The molecule has 156 valence electrons. The number of aryl methyl sites for hydroxylation is 3. The van der Waals surface area contributed by atoms with E-state index in [1.165, 1.54) is 27.5 Å². The second-order valence-electron chi connectivity index (χ2n) is 8.42. The second-order valence-corrected chi connectivity index (χ2v) is 8.42. The van der Waals surface area contributed by atoms with E-state index < -0.39 is 0 Å². The maximum absolute atomic E-state index is 13.3. The molecule has 1 fully saturated rings. The lowest BCUT2D eigenvalue weighted by Crippen LogP contribution is -2.39. The monoisotopic (exact) mass is 405 g/mol. The number of imidazole rings is 2. The standard InChI is InChI=1S/C23H27N5O2/c1-16-15-27-19-20(24-22(27)28(16)18-12-6-7-13-18)25(2)23(30)26(21(19)29)14-8-11-17-9-4-3-5-10-17/h3-5,9-10,15,18H,6-8,11-14H2,1-2H3. The van der Waals surface area contributed by atoms with Gasteiger partial charge in [-0.15, -0.1) is 0 Å². The van der Waals surface area contributed by atoms with Gasteiger partial charge in [-0.25, -0.2) is 4.79 Å². The van der Waals surface area contributed by atoms with Crippen LogP contribution in [0.15, 0.2) is 46.1 Å². The number of rotatable bonds is 5. The minimum atomic E-state index is -0.301. The van der Waals surface area contributed by atoms with Gasteiger partial charge in [0.1, 0.15) is 0 Å². The van der Waals surface area contributed by atoms with Crippen LogP contribution in [0.3, 0.4) is 0 Å². The van der Waals surface area contributed by atoms with Crippen LogP contribution in [0, 0.1) is 6.92 Å². The van der Waals surface area contributed by atoms with Gasteiger partial charge in [-0.1, -0.05) is 43.2 Å². The van der Waals surface area contributed by atoms with E-state index in [1.54, 1.807) is 7.05 Å². The molecule has 0 bridgehead atoms. The fourth-order valence-electron chi connectivity index (χ4n) is 4.92. The molecule has 0 N–H and O–H groups in total. The lowest BCUT2D eigenvalue weighted by molar-refractivity contribution is 0.520. The van der Waals surface area contributed by atoms with E-state index in [1.807, 2.05) is 28.8 Å². The second kappa shape index (κ2) is 7.31. The number of aromatic nitrogens is 5. The van der Waals surface area contributed by atoms with Crippen LogP contribution in [-0.2, 0) is 20.0 Å². The lowest BCUT2D eigenvalue weighted by Gasteiger charge is -2.13. The van der Waals surface area contributed by atoms with E-state index >= 15 is 0 Å². The van der Waals surface area contributed by atoms with Crippen LogP contribution in [0.1, 0.15) is 49.4 Å². The van der Waals surface area contributed by atoms with Crippen LogP contribution in [0.25, 0.3) is 16.9 Å². The van der Waals surface area contributed by atoms with Crippen molar-refractivity contribution in [3.8, 4) is 0 Å². The Morgan fingerprint density at radius 2 is 1.83 bits per heavy atom. The van der Waals surface area contributed by atoms with E-state index in [0.29, 0.717) is 23.8 Å². The third kappa shape index (κ3) is 2.91. The van der Waals surface area contributed by atoms with Crippen LogP contribution < -0.4 is 11.2 Å². The Morgan fingerprint density at radius 1 is 1.10 bits per heavy atom. The molecule has 5 rings (SSSR count). The summed E-state index contributed by atoms with van der Waals surface area (Å²) in [6, 6.07) is 10.6. The molecule has 3 heterocycles. The van der Waals surface area contributed by atoms with Crippen LogP contribution in [0.5, 0.6) is 0 Å². The Bertz CT molecular complexity index is 1330. The summed E-state index contributed by atoms with van der Waals surface area (Å²) in [5, 5.41) is 0. The van der Waals surface area contributed by atoms with Crippen molar-refractivity contribution < 1.29 is 0 Å². The molecule has 1 aromatic carbocycles. The third-order valence-corrected chi connectivity index (χ3v) is 6.45. The van der Waals surface area contributed by atoms with Crippen LogP contribution in [-0.4, -0.2) is 23.1 Å². The molecule has 7 nitrogen and oxygen atoms in total. The van der Waals surface area contributed by atoms with Crippen molar-refractivity contribution in [3.63, 3.8) is 0 Å². The fourth-order valence-corrected chi connectivity index (χ4v) is 4.92. The molecule has 0 aliphatic heterocycles. The molecule has 1 saturated carbocycles. The summed E-state index contributed by atoms with van der Waals surface area (Å²) in [5.74, 6) is 0.767. The van der Waals surface area contributed by atoms with E-state index in [9.17, 15) is 9.59 Å². The van der Waals surface area contributed by atoms with Crippen molar-refractivity contribution in [3.05, 3.63) is 68.6 Å². The van der Waals surface area contributed by atoms with Gasteiger partial charge in [0, 0.05) is 31.5 Å². The quantitative estimate of drug-likeness (QED) is 0.512. The highest BCUT2D eigenvalue weighted by Crippen LogP contribution is 2.33. The van der Waals surface area contributed by atoms with Gasteiger partial charge in [0.25, 0.3) is 5.56 Å². The number of hydrogen-bond donors (Lipinski definition) is 0. The summed E-state index contributed by atoms with van der Waals surface area (Å²) in [7, 11) is 1.71. The molecule has 1 aliphatic rings. The molecule has 0 saturated heterocycles. The Kier molecular flexibility index (Phi) is 4.60. The Morgan fingerprint density at radius 3 is 2.57 bits per heavy atom. The number of nitrogens with zero attached hydrogens (tertiary/aromatic N) is 5. The summed E-state index contributed by atoms with van der Waals surface area (Å²) in [4.78, 5) is 31.0. The van der Waals surface area contributed by atoms with E-state index in [2.05, 4.69) is 23.6 Å². The Hall–Kier alpha value is -3.09. The van der Waals surface area contributed by atoms with Gasteiger partial charge in [0.2, 0.25) is 5.78 Å². The summed E-state index contributed by atoms with van der Waals surface area (Å²) >= 11 is 0. The highest BCUT2D eigenvalue weighted by atomic mass is 16.2. The Balaban J connectivity index is 1.59. The minimum absolute atomic E-state index is 0.253. The summed E-state index contributed by atoms with van der Waals surface area (Å²) in [6.45, 7) is 2.46. The third-order valence-electron chi connectivity index (χ3n) is 6.45. The van der Waals surface area contributed by atoms with Crippen molar-refractivity contribution in [1.82, 2.24) is 23.1 Å². The molecule has 7 heteroatoms. The number of fused-ring (bicyclic) bond motifs is 3. The highest BCUT2D eigenvalue weighted by Gasteiger charge is 2.25. The zero-order chi connectivity index (χ0) is 20.8. The van der Waals surface area contributed by atoms with Crippen LogP contribution in [0.2, 0.25) is 0 Å². The van der Waals surface area contributed by atoms with Crippen molar-refractivity contribution in [2.75, 3.05) is 0 Å². The average molecular weight is 406 g/mol. The van der Waals surface area contributed by atoms with Gasteiger partial charge in [0.05, 0.1) is 0 Å². The van der Waals surface area contributed by atoms with Crippen molar-refractivity contribution in [1.29, 1.82) is 0 Å². The first-order valence-corrected chi connectivity index (χ1v) is 10.8. The molecule has 0 radical (unpaired) electrons. The first kappa shape index (κ1) is 18.9. The summed E-state index contributed by atoms with van der Waals surface area (Å²) in [5.41, 5.74) is 2.72. The maximum Gasteiger partial charge on any atom is 0.332 e. The average Bonchev–Trinajstić information content (AvgIpc) is 3.45. The normalized spacial score (nSPS) is 15.0. The summed E-state index contributed by atoms with van der Waals surface area (Å²) < 4.78 is 7.01. The zero-order valence-corrected chi connectivity index (χ0v) is 17.5. The number of hydrogen-bond acceptors (Lipinski definition) is 3. The highest BCUT2D eigenvalue weighted by molar-refractivity contribution is 5.75. The van der Waals surface area contributed by atoms with E-state index in [4.69, 9.17) is 4.98 Å². The molecule has 4 aromatic rings. The molecule has 0 amide bonds. The first-order valence-electron chi connectivity index (χ1n) is 10.8. The largest absolute Gasteiger partial charge is 0.332 e. The predicted molar refractivity (Wildman–Crippen MR) is 117 cm³/mol. The Labute approximate surface area is 174 Å². The molecule has 0 atom stereocenters. The van der Waals surface area contributed by atoms with Crippen LogP contribution >= 0.6 is 0 Å². The lowest BCUT2D eigenvalue weighted by atomic mass is 10.1. The van der Waals surface area contributed by atoms with Crippen molar-refractivity contribution >= 4 is 16.9 Å². The predicted octanol–water partition coefficient (Wildman–Crippen LogP) is 3.21. The molecule has 0 spiro atoms. The maximum atomic E-state index is 13.3. The van der Waals surface area contributed by atoms with E-state index in [-0.39, 0.29) is 11.2 Å². The SMILES string of the molecule is Cc1cn2c3c(=O)n(CCCc4ccccc4)c(=O)n(C)c3nc2n1C1CCCC1. The fraction of sp³-hybridized carbons (Fsp3) is 0.435. The summed E-state index contributed by atoms with van der Waals surface area (Å²) in [6.07, 6.45) is 8.27. The van der Waals surface area contributed by atoms with Gasteiger partial charge in [-0.2, -0.15) is 4.98 Å². The molecular weight excluding hydrogens is 378 g/mol. The topological polar surface area (TPSA) is 66.2 Å². The van der Waals surface area contributed by atoms with Gasteiger partial charge in [-0.05, 0) is 38.2 Å². The minimum Gasteiger partial charge on any atom is -0.311 e. The van der Waals surface area contributed by atoms with Crippen molar-refractivity contribution in [2.45, 2.75) is 58.0 Å². The van der Waals surface area contributed by atoms with Gasteiger partial charge in [0.15, 0.2) is 11.2 Å². The molecule has 30 heavy (non-hydrogen) atoms.